The first-order chi connectivity index (χ1) is 13.1. The Balaban J connectivity index is 1.35. The summed E-state index contributed by atoms with van der Waals surface area (Å²) in [6.07, 6.45) is 3.60. The number of fused-ring (bicyclic) bond motifs is 2. The fourth-order valence-electron chi connectivity index (χ4n) is 4.20. The Morgan fingerprint density at radius 2 is 2.19 bits per heavy atom. The van der Waals surface area contributed by atoms with Crippen molar-refractivity contribution in [3.8, 4) is 0 Å². The molecule has 2 aromatic carbocycles. The smallest absolute Gasteiger partial charge is 0.244 e. The van der Waals surface area contributed by atoms with Crippen LogP contribution in [0.1, 0.15) is 30.7 Å². The zero-order valence-corrected chi connectivity index (χ0v) is 14.9. The maximum atomic E-state index is 13.9. The topological polar surface area (TPSA) is 69.8 Å². The molecule has 1 aliphatic heterocycles. The van der Waals surface area contributed by atoms with Crippen molar-refractivity contribution in [3.63, 3.8) is 0 Å². The summed E-state index contributed by atoms with van der Waals surface area (Å²) >= 11 is 0. The summed E-state index contributed by atoms with van der Waals surface area (Å²) < 4.78 is 13.9. The average molecular weight is 364 g/mol. The molecule has 0 radical (unpaired) electrons. The minimum absolute atomic E-state index is 0.0534. The molecular weight excluding hydrogens is 343 g/mol. The van der Waals surface area contributed by atoms with Crippen molar-refractivity contribution >= 4 is 22.6 Å². The van der Waals surface area contributed by atoms with Crippen LogP contribution in [0, 0.1) is 11.7 Å². The first-order valence-electron chi connectivity index (χ1n) is 9.43. The summed E-state index contributed by atoms with van der Waals surface area (Å²) in [4.78, 5) is 20.5. The highest BCUT2D eigenvalue weighted by Gasteiger charge is 2.60. The van der Waals surface area contributed by atoms with E-state index >= 15 is 0 Å². The van der Waals surface area contributed by atoms with Crippen LogP contribution in [0.5, 0.6) is 0 Å². The van der Waals surface area contributed by atoms with Crippen LogP contribution >= 0.6 is 0 Å². The van der Waals surface area contributed by atoms with Gasteiger partial charge in [-0.3, -0.25) is 4.79 Å². The van der Waals surface area contributed by atoms with Gasteiger partial charge >= 0.3 is 0 Å². The number of benzene rings is 2. The average Bonchev–Trinajstić information content (AvgIpc) is 3.30. The number of rotatable bonds is 4. The Morgan fingerprint density at radius 1 is 1.30 bits per heavy atom. The van der Waals surface area contributed by atoms with E-state index in [-0.39, 0.29) is 17.3 Å². The second kappa shape index (κ2) is 6.16. The van der Waals surface area contributed by atoms with Gasteiger partial charge in [-0.25, -0.2) is 9.37 Å². The first kappa shape index (κ1) is 16.4. The number of hydrogen-bond donors (Lipinski definition) is 3. The van der Waals surface area contributed by atoms with E-state index in [4.69, 9.17) is 0 Å². The molecule has 0 bridgehead atoms. The van der Waals surface area contributed by atoms with E-state index in [0.717, 1.165) is 42.5 Å². The highest BCUT2D eigenvalue weighted by Crippen LogP contribution is 2.49. The molecule has 1 amide bonds. The minimum atomic E-state index is -0.364. The van der Waals surface area contributed by atoms with Crippen molar-refractivity contribution in [2.45, 2.75) is 31.2 Å². The van der Waals surface area contributed by atoms with Crippen molar-refractivity contribution in [1.29, 1.82) is 0 Å². The molecule has 3 N–H and O–H groups in total. The molecule has 2 atom stereocenters. The van der Waals surface area contributed by atoms with Gasteiger partial charge in [0.25, 0.3) is 0 Å². The van der Waals surface area contributed by atoms with Crippen molar-refractivity contribution in [1.82, 2.24) is 15.3 Å². The number of piperidine rings is 1. The summed E-state index contributed by atoms with van der Waals surface area (Å²) in [5, 5.41) is 6.44. The summed E-state index contributed by atoms with van der Waals surface area (Å²) in [5.41, 5.74) is 2.63. The number of amides is 1. The molecule has 6 heteroatoms. The summed E-state index contributed by atoms with van der Waals surface area (Å²) in [7, 11) is 0. The number of hydrogen-bond acceptors (Lipinski definition) is 3. The minimum Gasteiger partial charge on any atom is -0.342 e. The molecule has 3 aromatic rings. The van der Waals surface area contributed by atoms with Gasteiger partial charge < -0.3 is 15.6 Å². The van der Waals surface area contributed by atoms with Crippen LogP contribution in [0.15, 0.2) is 42.5 Å². The molecule has 2 fully saturated rings. The third-order valence-corrected chi connectivity index (χ3v) is 5.78. The normalized spacial score (nSPS) is 23.8. The molecule has 5 rings (SSSR count). The molecule has 0 unspecified atom stereocenters. The molecule has 5 nitrogen and oxygen atoms in total. The number of nitrogens with one attached hydrogen (secondary N) is 3. The summed E-state index contributed by atoms with van der Waals surface area (Å²) in [6, 6.07) is 12.3. The van der Waals surface area contributed by atoms with Crippen molar-refractivity contribution in [2.75, 3.05) is 11.9 Å². The first-order valence-corrected chi connectivity index (χ1v) is 9.43. The fourth-order valence-corrected chi connectivity index (χ4v) is 4.20. The quantitative estimate of drug-likeness (QED) is 0.665. The number of H-pyrrole nitrogens is 1. The van der Waals surface area contributed by atoms with Gasteiger partial charge in [0.05, 0.1) is 11.0 Å². The Hall–Kier alpha value is -2.73. The predicted octanol–water partition coefficient (Wildman–Crippen LogP) is 3.37. The lowest BCUT2D eigenvalue weighted by molar-refractivity contribution is -0.119. The van der Waals surface area contributed by atoms with Crippen LogP contribution in [0.3, 0.4) is 0 Å². The highest BCUT2D eigenvalue weighted by atomic mass is 19.1. The SMILES string of the molecule is O=C(Nc1ccc2nc(Cc3ccccc3F)[nH]c2c1)[C@]12C[C@H]1CCCN2. The lowest BCUT2D eigenvalue weighted by atomic mass is 10.0. The van der Waals surface area contributed by atoms with Crippen LogP contribution < -0.4 is 10.6 Å². The second-order valence-electron chi connectivity index (χ2n) is 7.58. The Labute approximate surface area is 156 Å². The molecule has 27 heavy (non-hydrogen) atoms. The standard InChI is InChI=1S/C21H21FN4O/c22-16-6-2-1-4-13(16)10-19-25-17-8-7-15(11-18(17)26-19)24-20(27)21-12-14(21)5-3-9-23-21/h1-2,4,6-8,11,14,23H,3,5,9-10,12H2,(H,24,27)(H,25,26)/t14-,21+/m1/s1. The number of carbonyl (C=O) groups excluding carboxylic acids is 1. The number of aromatic amines is 1. The predicted molar refractivity (Wildman–Crippen MR) is 102 cm³/mol. The van der Waals surface area contributed by atoms with Gasteiger partial charge in [-0.05, 0) is 61.6 Å². The molecule has 1 saturated heterocycles. The molecule has 2 aliphatic rings. The zero-order chi connectivity index (χ0) is 18.4. The van der Waals surface area contributed by atoms with Gasteiger partial charge in [0.2, 0.25) is 5.91 Å². The Kier molecular flexibility index (Phi) is 3.75. The van der Waals surface area contributed by atoms with E-state index in [1.165, 1.54) is 6.07 Å². The van der Waals surface area contributed by atoms with E-state index in [1.54, 1.807) is 12.1 Å². The Morgan fingerprint density at radius 3 is 3.04 bits per heavy atom. The number of anilines is 1. The molecule has 1 aliphatic carbocycles. The van der Waals surface area contributed by atoms with E-state index in [1.807, 2.05) is 24.3 Å². The van der Waals surface area contributed by atoms with Crippen LogP contribution in [0.25, 0.3) is 11.0 Å². The molecule has 2 heterocycles. The summed E-state index contributed by atoms with van der Waals surface area (Å²) in [6.45, 7) is 0.906. The lowest BCUT2D eigenvalue weighted by Gasteiger charge is -2.23. The fraction of sp³-hybridized carbons (Fsp3) is 0.333. The second-order valence-corrected chi connectivity index (χ2v) is 7.58. The van der Waals surface area contributed by atoms with Gasteiger partial charge in [0.1, 0.15) is 17.2 Å². The number of nitrogens with zero attached hydrogens (tertiary/aromatic N) is 1. The van der Waals surface area contributed by atoms with Crippen molar-refractivity contribution in [3.05, 3.63) is 59.7 Å². The maximum absolute atomic E-state index is 13.9. The zero-order valence-electron chi connectivity index (χ0n) is 14.9. The van der Waals surface area contributed by atoms with E-state index in [0.29, 0.717) is 23.7 Å². The molecule has 1 saturated carbocycles. The third kappa shape index (κ3) is 2.90. The van der Waals surface area contributed by atoms with E-state index < -0.39 is 0 Å². The van der Waals surface area contributed by atoms with E-state index in [2.05, 4.69) is 20.6 Å². The van der Waals surface area contributed by atoms with Gasteiger partial charge in [0, 0.05) is 12.1 Å². The monoisotopic (exact) mass is 364 g/mol. The van der Waals surface area contributed by atoms with Gasteiger partial charge in [-0.2, -0.15) is 0 Å². The van der Waals surface area contributed by atoms with Gasteiger partial charge in [0.15, 0.2) is 0 Å². The number of aromatic nitrogens is 2. The number of imidazole rings is 1. The third-order valence-electron chi connectivity index (χ3n) is 5.78. The largest absolute Gasteiger partial charge is 0.342 e. The van der Waals surface area contributed by atoms with Crippen molar-refractivity contribution < 1.29 is 9.18 Å². The number of halogens is 1. The van der Waals surface area contributed by atoms with Gasteiger partial charge in [-0.15, -0.1) is 0 Å². The van der Waals surface area contributed by atoms with Crippen LogP contribution in [0.4, 0.5) is 10.1 Å². The summed E-state index contributed by atoms with van der Waals surface area (Å²) in [5.74, 6) is 0.990. The highest BCUT2D eigenvalue weighted by molar-refractivity contribution is 6.01. The molecule has 0 spiro atoms. The van der Waals surface area contributed by atoms with E-state index in [9.17, 15) is 9.18 Å². The van der Waals surface area contributed by atoms with Gasteiger partial charge in [-0.1, -0.05) is 18.2 Å². The number of carbonyl (C=O) groups is 1. The molecule has 1 aromatic heterocycles. The Bertz CT molecular complexity index is 1030. The van der Waals surface area contributed by atoms with Crippen molar-refractivity contribution in [2.24, 2.45) is 5.92 Å². The van der Waals surface area contributed by atoms with Crippen LogP contribution in [-0.4, -0.2) is 28.0 Å². The van der Waals surface area contributed by atoms with Crippen LogP contribution in [0.2, 0.25) is 0 Å². The molecular formula is C21H21FN4O. The lowest BCUT2D eigenvalue weighted by Crippen LogP contribution is -2.47. The maximum Gasteiger partial charge on any atom is 0.244 e. The van der Waals surface area contributed by atoms with Crippen LogP contribution in [-0.2, 0) is 11.2 Å². The molecule has 138 valence electrons.